The summed E-state index contributed by atoms with van der Waals surface area (Å²) in [5, 5.41) is 0. The van der Waals surface area contributed by atoms with E-state index in [1.807, 2.05) is 0 Å². The fraction of sp³-hybridized carbons (Fsp3) is 0.333. The van der Waals surface area contributed by atoms with Crippen molar-refractivity contribution in [2.75, 3.05) is 6.61 Å². The van der Waals surface area contributed by atoms with E-state index in [0.717, 1.165) is 5.69 Å². The third-order valence-electron chi connectivity index (χ3n) is 3.16. The lowest BCUT2D eigenvalue weighted by Crippen LogP contribution is -2.23. The molecule has 0 atom stereocenters. The number of hydrogen-bond acceptors (Lipinski definition) is 6. The van der Waals surface area contributed by atoms with Crippen molar-refractivity contribution >= 4 is 16.0 Å². The Kier molecular flexibility index (Phi) is 5.17. The summed E-state index contributed by atoms with van der Waals surface area (Å²) in [4.78, 5) is 15.7. The van der Waals surface area contributed by atoms with E-state index in [1.165, 1.54) is 24.3 Å². The molecule has 2 rings (SSSR count). The van der Waals surface area contributed by atoms with Crippen LogP contribution in [0.2, 0.25) is 0 Å². The minimum atomic E-state index is -3.72. The molecule has 0 aliphatic carbocycles. The molecule has 0 saturated heterocycles. The van der Waals surface area contributed by atoms with Crippen molar-refractivity contribution in [1.29, 1.82) is 0 Å². The number of esters is 1. The molecule has 1 aromatic carbocycles. The number of carbonyl (C=O) groups excluding carboxylic acids is 1. The summed E-state index contributed by atoms with van der Waals surface area (Å²) in [7, 11) is -3.72. The van der Waals surface area contributed by atoms with Crippen LogP contribution in [0.5, 0.6) is 0 Å². The van der Waals surface area contributed by atoms with Gasteiger partial charge in [0.15, 0.2) is 0 Å². The van der Waals surface area contributed by atoms with Crippen LogP contribution in [-0.2, 0) is 21.3 Å². The van der Waals surface area contributed by atoms with Crippen LogP contribution >= 0.6 is 0 Å². The van der Waals surface area contributed by atoms with Crippen LogP contribution in [0.4, 0.5) is 0 Å². The molecule has 0 aliphatic heterocycles. The number of ether oxygens (including phenoxy) is 1. The van der Waals surface area contributed by atoms with E-state index in [0.29, 0.717) is 17.2 Å². The Morgan fingerprint density at radius 3 is 2.43 bits per heavy atom. The average Bonchev–Trinajstić information content (AvgIpc) is 2.84. The highest BCUT2D eigenvalue weighted by molar-refractivity contribution is 7.89. The first-order valence-corrected chi connectivity index (χ1v) is 8.51. The molecule has 0 unspecified atom stereocenters. The Bertz CT molecular complexity index is 774. The summed E-state index contributed by atoms with van der Waals surface area (Å²) >= 11 is 0. The number of nitrogens with one attached hydrogen (secondary N) is 1. The zero-order chi connectivity index (χ0) is 17.0. The van der Waals surface area contributed by atoms with Crippen LogP contribution < -0.4 is 4.72 Å². The van der Waals surface area contributed by atoms with Gasteiger partial charge in [0.05, 0.1) is 29.3 Å². The minimum Gasteiger partial charge on any atom is -0.462 e. The molecule has 0 saturated carbocycles. The van der Waals surface area contributed by atoms with Crippen molar-refractivity contribution in [3.63, 3.8) is 0 Å². The predicted octanol–water partition coefficient (Wildman–Crippen LogP) is 1.95. The Morgan fingerprint density at radius 2 is 1.91 bits per heavy atom. The molecule has 0 amide bonds. The first kappa shape index (κ1) is 17.2. The van der Waals surface area contributed by atoms with Crippen LogP contribution in [0, 0.1) is 13.8 Å². The average molecular weight is 338 g/mol. The molecule has 124 valence electrons. The van der Waals surface area contributed by atoms with E-state index in [1.54, 1.807) is 20.8 Å². The van der Waals surface area contributed by atoms with Crippen molar-refractivity contribution in [2.45, 2.75) is 32.2 Å². The number of aromatic nitrogens is 1. The fourth-order valence-electron chi connectivity index (χ4n) is 1.84. The molecule has 0 spiro atoms. The van der Waals surface area contributed by atoms with Gasteiger partial charge in [-0.3, -0.25) is 0 Å². The van der Waals surface area contributed by atoms with Gasteiger partial charge in [-0.25, -0.2) is 22.9 Å². The Labute approximate surface area is 134 Å². The lowest BCUT2D eigenvalue weighted by Gasteiger charge is -2.06. The van der Waals surface area contributed by atoms with Crippen LogP contribution in [0.1, 0.15) is 34.6 Å². The first-order valence-electron chi connectivity index (χ1n) is 7.03. The first-order chi connectivity index (χ1) is 10.8. The highest BCUT2D eigenvalue weighted by Crippen LogP contribution is 2.13. The van der Waals surface area contributed by atoms with E-state index >= 15 is 0 Å². The highest BCUT2D eigenvalue weighted by atomic mass is 32.2. The number of carbonyl (C=O) groups is 1. The number of aryl methyl sites for hydroxylation is 2. The predicted molar refractivity (Wildman–Crippen MR) is 82.4 cm³/mol. The SMILES string of the molecule is CCOC(=O)c1ccc(S(=O)(=O)NCc2nc(C)c(C)o2)cc1. The lowest BCUT2D eigenvalue weighted by atomic mass is 10.2. The van der Waals surface area contributed by atoms with Crippen LogP contribution in [0.15, 0.2) is 33.6 Å². The maximum absolute atomic E-state index is 12.2. The molecule has 0 bridgehead atoms. The summed E-state index contributed by atoms with van der Waals surface area (Å²) in [5.74, 6) is 0.458. The number of benzene rings is 1. The summed E-state index contributed by atoms with van der Waals surface area (Å²) in [6.45, 7) is 5.46. The van der Waals surface area contributed by atoms with Crippen molar-refractivity contribution in [1.82, 2.24) is 9.71 Å². The molecule has 7 nitrogen and oxygen atoms in total. The maximum Gasteiger partial charge on any atom is 0.338 e. The third-order valence-corrected chi connectivity index (χ3v) is 4.58. The zero-order valence-corrected chi connectivity index (χ0v) is 13.9. The fourth-order valence-corrected chi connectivity index (χ4v) is 2.81. The van der Waals surface area contributed by atoms with Crippen LogP contribution in [0.3, 0.4) is 0 Å². The molecule has 23 heavy (non-hydrogen) atoms. The summed E-state index contributed by atoms with van der Waals surface area (Å²) in [6, 6.07) is 5.51. The Morgan fingerprint density at radius 1 is 1.26 bits per heavy atom. The largest absolute Gasteiger partial charge is 0.462 e. The van der Waals surface area contributed by atoms with Crippen molar-refractivity contribution < 1.29 is 22.4 Å². The second-order valence-electron chi connectivity index (χ2n) is 4.82. The van der Waals surface area contributed by atoms with Gasteiger partial charge >= 0.3 is 5.97 Å². The molecular weight excluding hydrogens is 320 g/mol. The molecule has 8 heteroatoms. The molecule has 1 heterocycles. The monoisotopic (exact) mass is 338 g/mol. The zero-order valence-electron chi connectivity index (χ0n) is 13.1. The minimum absolute atomic E-state index is 0.0450. The van der Waals surface area contributed by atoms with Crippen molar-refractivity contribution in [3.05, 3.63) is 47.2 Å². The van der Waals surface area contributed by atoms with Gasteiger partial charge in [-0.2, -0.15) is 0 Å². The number of hydrogen-bond donors (Lipinski definition) is 1. The van der Waals surface area contributed by atoms with Gasteiger partial charge in [0.1, 0.15) is 5.76 Å². The Balaban J connectivity index is 2.08. The second kappa shape index (κ2) is 6.93. The van der Waals surface area contributed by atoms with Crippen molar-refractivity contribution in [2.24, 2.45) is 0 Å². The number of nitrogens with zero attached hydrogens (tertiary/aromatic N) is 1. The molecule has 2 aromatic rings. The van der Waals surface area contributed by atoms with E-state index < -0.39 is 16.0 Å². The Hall–Kier alpha value is -2.19. The molecule has 0 aliphatic rings. The number of rotatable bonds is 6. The van der Waals surface area contributed by atoms with Gasteiger partial charge in [0.2, 0.25) is 15.9 Å². The van der Waals surface area contributed by atoms with Gasteiger partial charge in [-0.1, -0.05) is 0 Å². The molecule has 1 N–H and O–H groups in total. The van der Waals surface area contributed by atoms with E-state index in [-0.39, 0.29) is 18.0 Å². The van der Waals surface area contributed by atoms with Crippen LogP contribution in [-0.4, -0.2) is 26.0 Å². The maximum atomic E-state index is 12.2. The number of sulfonamides is 1. The molecule has 0 fully saturated rings. The van der Waals surface area contributed by atoms with Gasteiger partial charge in [0.25, 0.3) is 0 Å². The standard InChI is InChI=1S/C15H18N2O5S/c1-4-21-15(18)12-5-7-13(8-6-12)23(19,20)16-9-14-17-10(2)11(3)22-14/h5-8,16H,4,9H2,1-3H3. The highest BCUT2D eigenvalue weighted by Gasteiger charge is 2.16. The van der Waals surface area contributed by atoms with Gasteiger partial charge in [-0.15, -0.1) is 0 Å². The molecule has 0 radical (unpaired) electrons. The third kappa shape index (κ3) is 4.17. The van der Waals surface area contributed by atoms with Gasteiger partial charge in [-0.05, 0) is 45.0 Å². The second-order valence-corrected chi connectivity index (χ2v) is 6.59. The smallest absolute Gasteiger partial charge is 0.338 e. The summed E-state index contributed by atoms with van der Waals surface area (Å²) < 4.78 is 37.0. The topological polar surface area (TPSA) is 98.5 Å². The van der Waals surface area contributed by atoms with Crippen molar-refractivity contribution in [3.8, 4) is 0 Å². The molecular formula is C15H18N2O5S. The van der Waals surface area contributed by atoms with E-state index in [4.69, 9.17) is 9.15 Å². The van der Waals surface area contributed by atoms with Crippen LogP contribution in [0.25, 0.3) is 0 Å². The summed E-state index contributed by atoms with van der Waals surface area (Å²) in [6.07, 6.45) is 0. The van der Waals surface area contributed by atoms with E-state index in [9.17, 15) is 13.2 Å². The quantitative estimate of drug-likeness (QED) is 0.808. The molecule has 1 aromatic heterocycles. The van der Waals surface area contributed by atoms with Gasteiger partial charge in [0, 0.05) is 0 Å². The normalized spacial score (nSPS) is 11.4. The van der Waals surface area contributed by atoms with Gasteiger partial charge < -0.3 is 9.15 Å². The summed E-state index contributed by atoms with van der Waals surface area (Å²) in [5.41, 5.74) is 1.02. The lowest BCUT2D eigenvalue weighted by molar-refractivity contribution is 0.0526. The van der Waals surface area contributed by atoms with E-state index in [2.05, 4.69) is 9.71 Å². The number of oxazole rings is 1.